The Bertz CT molecular complexity index is 569. The number of nitrogens with zero attached hydrogens (tertiary/aromatic N) is 2. The standard InChI is InChI=1S/C12H14N2O6/c1-7-4-8(13(2)6-10(15)16)5-9(12(17)20-3)11(7)14(18)19/h4-5H,6H2,1-3H3,(H,15,16). The molecule has 1 aromatic rings. The number of aryl methyl sites for hydroxylation is 1. The highest BCUT2D eigenvalue weighted by Crippen LogP contribution is 2.29. The van der Waals surface area contributed by atoms with E-state index in [4.69, 9.17) is 5.11 Å². The third-order valence-electron chi connectivity index (χ3n) is 2.69. The Kier molecular flexibility index (Phi) is 4.63. The molecule has 1 N–H and O–H groups in total. The monoisotopic (exact) mass is 282 g/mol. The molecule has 0 bridgehead atoms. The lowest BCUT2D eigenvalue weighted by atomic mass is 10.1. The van der Waals surface area contributed by atoms with E-state index in [0.717, 1.165) is 7.11 Å². The van der Waals surface area contributed by atoms with Crippen LogP contribution in [0.3, 0.4) is 0 Å². The Morgan fingerprint density at radius 2 is 2.05 bits per heavy atom. The molecule has 0 aliphatic heterocycles. The zero-order valence-electron chi connectivity index (χ0n) is 11.2. The van der Waals surface area contributed by atoms with Gasteiger partial charge in [-0.15, -0.1) is 0 Å². The van der Waals surface area contributed by atoms with Crippen molar-refractivity contribution in [2.45, 2.75) is 6.92 Å². The summed E-state index contributed by atoms with van der Waals surface area (Å²) in [6, 6.07) is 2.70. The van der Waals surface area contributed by atoms with Gasteiger partial charge in [0.25, 0.3) is 5.69 Å². The van der Waals surface area contributed by atoms with Crippen molar-refractivity contribution in [2.24, 2.45) is 0 Å². The number of carbonyl (C=O) groups is 2. The minimum atomic E-state index is -1.05. The molecule has 108 valence electrons. The molecule has 0 aromatic heterocycles. The van der Waals surface area contributed by atoms with E-state index in [2.05, 4.69) is 4.74 Å². The van der Waals surface area contributed by atoms with Gasteiger partial charge in [-0.3, -0.25) is 14.9 Å². The van der Waals surface area contributed by atoms with Gasteiger partial charge in [0.2, 0.25) is 0 Å². The summed E-state index contributed by atoms with van der Waals surface area (Å²) in [6.07, 6.45) is 0. The molecule has 0 aliphatic carbocycles. The Labute approximate surface area is 114 Å². The minimum Gasteiger partial charge on any atom is -0.480 e. The summed E-state index contributed by atoms with van der Waals surface area (Å²) in [5.41, 5.74) is 0.0927. The van der Waals surface area contributed by atoms with Gasteiger partial charge in [0.15, 0.2) is 0 Å². The number of benzene rings is 1. The van der Waals surface area contributed by atoms with Crippen molar-refractivity contribution < 1.29 is 24.4 Å². The zero-order valence-corrected chi connectivity index (χ0v) is 11.2. The van der Waals surface area contributed by atoms with E-state index in [1.54, 1.807) is 0 Å². The van der Waals surface area contributed by atoms with Crippen LogP contribution in [0.4, 0.5) is 11.4 Å². The first-order valence-electron chi connectivity index (χ1n) is 5.58. The maximum atomic E-state index is 11.6. The van der Waals surface area contributed by atoms with Gasteiger partial charge in [0.05, 0.1) is 12.0 Å². The number of likely N-dealkylation sites (N-methyl/N-ethyl adjacent to an activating group) is 1. The molecule has 20 heavy (non-hydrogen) atoms. The topological polar surface area (TPSA) is 110 Å². The predicted molar refractivity (Wildman–Crippen MR) is 70.1 cm³/mol. The highest BCUT2D eigenvalue weighted by molar-refractivity contribution is 5.96. The van der Waals surface area contributed by atoms with E-state index in [-0.39, 0.29) is 23.4 Å². The summed E-state index contributed by atoms with van der Waals surface area (Å²) < 4.78 is 4.52. The molecule has 0 amide bonds. The van der Waals surface area contributed by atoms with E-state index in [9.17, 15) is 19.7 Å². The molecule has 1 rings (SSSR count). The number of carboxylic acids is 1. The Balaban J connectivity index is 3.38. The molecule has 1 aromatic carbocycles. The van der Waals surface area contributed by atoms with Crippen LogP contribution in [-0.2, 0) is 9.53 Å². The second-order valence-electron chi connectivity index (χ2n) is 4.16. The molecule has 8 heteroatoms. The van der Waals surface area contributed by atoms with Gasteiger partial charge in [-0.2, -0.15) is 0 Å². The fraction of sp³-hybridized carbons (Fsp3) is 0.333. The summed E-state index contributed by atoms with van der Waals surface area (Å²) in [5.74, 6) is -1.89. The number of hydrogen-bond donors (Lipinski definition) is 1. The summed E-state index contributed by atoms with van der Waals surface area (Å²) in [6.45, 7) is 1.18. The first-order valence-corrected chi connectivity index (χ1v) is 5.58. The lowest BCUT2D eigenvalue weighted by Crippen LogP contribution is -2.25. The zero-order chi connectivity index (χ0) is 15.4. The Morgan fingerprint density at radius 1 is 1.45 bits per heavy atom. The van der Waals surface area contributed by atoms with Crippen LogP contribution in [0, 0.1) is 17.0 Å². The van der Waals surface area contributed by atoms with Crippen molar-refractivity contribution in [2.75, 3.05) is 25.6 Å². The van der Waals surface area contributed by atoms with Gasteiger partial charge in [-0.05, 0) is 19.1 Å². The average Bonchev–Trinajstić information content (AvgIpc) is 2.35. The van der Waals surface area contributed by atoms with Crippen molar-refractivity contribution in [1.82, 2.24) is 0 Å². The number of esters is 1. The van der Waals surface area contributed by atoms with Crippen LogP contribution < -0.4 is 4.90 Å². The fourth-order valence-electron chi connectivity index (χ4n) is 1.78. The van der Waals surface area contributed by atoms with Gasteiger partial charge < -0.3 is 14.7 Å². The van der Waals surface area contributed by atoms with Crippen molar-refractivity contribution in [3.05, 3.63) is 33.4 Å². The SMILES string of the molecule is COC(=O)c1cc(N(C)CC(=O)O)cc(C)c1[N+](=O)[O-]. The second kappa shape index (κ2) is 6.00. The number of hydrogen-bond acceptors (Lipinski definition) is 6. The summed E-state index contributed by atoms with van der Waals surface area (Å²) >= 11 is 0. The summed E-state index contributed by atoms with van der Waals surface area (Å²) in [4.78, 5) is 34.0. The van der Waals surface area contributed by atoms with Gasteiger partial charge in [-0.25, -0.2) is 4.79 Å². The first kappa shape index (κ1) is 15.4. The van der Waals surface area contributed by atoms with Crippen LogP contribution >= 0.6 is 0 Å². The third kappa shape index (κ3) is 3.22. The number of rotatable bonds is 5. The number of methoxy groups -OCH3 is 1. The largest absolute Gasteiger partial charge is 0.480 e. The number of aliphatic carboxylic acids is 1. The molecular weight excluding hydrogens is 268 g/mol. The van der Waals surface area contributed by atoms with Crippen molar-refractivity contribution in [3.8, 4) is 0 Å². The molecule has 0 spiro atoms. The quantitative estimate of drug-likeness (QED) is 0.491. The van der Waals surface area contributed by atoms with E-state index < -0.39 is 16.9 Å². The third-order valence-corrected chi connectivity index (χ3v) is 2.69. The lowest BCUT2D eigenvalue weighted by Gasteiger charge is -2.18. The summed E-state index contributed by atoms with van der Waals surface area (Å²) in [7, 11) is 2.63. The number of ether oxygens (including phenoxy) is 1. The first-order chi connectivity index (χ1) is 9.27. The molecule has 0 saturated heterocycles. The maximum absolute atomic E-state index is 11.6. The second-order valence-corrected chi connectivity index (χ2v) is 4.16. The number of anilines is 1. The van der Waals surface area contributed by atoms with Gasteiger partial charge in [-0.1, -0.05) is 0 Å². The van der Waals surface area contributed by atoms with Crippen LogP contribution in [0.5, 0.6) is 0 Å². The smallest absolute Gasteiger partial charge is 0.344 e. The van der Waals surface area contributed by atoms with Crippen LogP contribution in [0.1, 0.15) is 15.9 Å². The molecule has 0 radical (unpaired) electrons. The molecule has 8 nitrogen and oxygen atoms in total. The van der Waals surface area contributed by atoms with Crippen molar-refractivity contribution >= 4 is 23.3 Å². The van der Waals surface area contributed by atoms with E-state index in [0.29, 0.717) is 5.69 Å². The minimum absolute atomic E-state index is 0.204. The molecular formula is C12H14N2O6. The predicted octanol–water partition coefficient (Wildman–Crippen LogP) is 1.21. The van der Waals surface area contributed by atoms with Crippen LogP contribution in [0.15, 0.2) is 12.1 Å². The van der Waals surface area contributed by atoms with Crippen molar-refractivity contribution in [1.29, 1.82) is 0 Å². The molecule has 0 aliphatic rings. The van der Waals surface area contributed by atoms with Crippen LogP contribution in [-0.4, -0.2) is 42.7 Å². The van der Waals surface area contributed by atoms with E-state index in [1.807, 2.05) is 0 Å². The highest BCUT2D eigenvalue weighted by atomic mass is 16.6. The molecule has 0 atom stereocenters. The number of nitro benzene ring substituents is 1. The average molecular weight is 282 g/mol. The van der Waals surface area contributed by atoms with E-state index >= 15 is 0 Å². The van der Waals surface area contributed by atoms with Gasteiger partial charge in [0.1, 0.15) is 12.1 Å². The van der Waals surface area contributed by atoms with Gasteiger partial charge in [0, 0.05) is 18.3 Å². The van der Waals surface area contributed by atoms with Crippen LogP contribution in [0.2, 0.25) is 0 Å². The Morgan fingerprint density at radius 3 is 2.50 bits per heavy atom. The molecule has 0 unspecified atom stereocenters. The number of carboxylic acid groups (broad SMARTS) is 1. The number of nitro groups is 1. The van der Waals surface area contributed by atoms with Crippen LogP contribution in [0.25, 0.3) is 0 Å². The number of carbonyl (C=O) groups excluding carboxylic acids is 1. The molecule has 0 saturated carbocycles. The van der Waals surface area contributed by atoms with Crippen molar-refractivity contribution in [3.63, 3.8) is 0 Å². The summed E-state index contributed by atoms with van der Waals surface area (Å²) in [5, 5.41) is 19.8. The molecule has 0 heterocycles. The maximum Gasteiger partial charge on any atom is 0.344 e. The lowest BCUT2D eigenvalue weighted by molar-refractivity contribution is -0.385. The fourth-order valence-corrected chi connectivity index (χ4v) is 1.78. The normalized spacial score (nSPS) is 9.95. The van der Waals surface area contributed by atoms with Gasteiger partial charge >= 0.3 is 11.9 Å². The Hall–Kier alpha value is -2.64. The molecule has 0 fully saturated rings. The highest BCUT2D eigenvalue weighted by Gasteiger charge is 2.25. The van der Waals surface area contributed by atoms with E-state index in [1.165, 1.54) is 31.0 Å².